The summed E-state index contributed by atoms with van der Waals surface area (Å²) in [7, 11) is -0.0204. The van der Waals surface area contributed by atoms with Crippen molar-refractivity contribution >= 4 is 25.0 Å². The second kappa shape index (κ2) is 12.2. The van der Waals surface area contributed by atoms with Crippen LogP contribution in [0.1, 0.15) is 31.9 Å². The normalized spacial score (nSPS) is 14.0. The Balaban J connectivity index is 1.28. The van der Waals surface area contributed by atoms with E-state index in [9.17, 15) is 4.79 Å². The van der Waals surface area contributed by atoms with Crippen LogP contribution < -0.4 is 20.1 Å². The number of fused-ring (bicyclic) bond motifs is 1. The Hall–Kier alpha value is -4.34. The highest BCUT2D eigenvalue weighted by atomic mass is 28.4. The maximum atomic E-state index is 13.8. The summed E-state index contributed by atoms with van der Waals surface area (Å²) in [6, 6.07) is 29.7. The zero-order chi connectivity index (χ0) is 31.8. The van der Waals surface area contributed by atoms with Crippen LogP contribution in [-0.4, -0.2) is 41.6 Å². The number of aryl methyl sites for hydroxylation is 1. The van der Waals surface area contributed by atoms with Gasteiger partial charge in [-0.2, -0.15) is 4.98 Å². The zero-order valence-electron chi connectivity index (χ0n) is 27.0. The van der Waals surface area contributed by atoms with Crippen molar-refractivity contribution in [3.63, 3.8) is 0 Å². The second-order valence-corrected chi connectivity index (χ2v) is 18.0. The van der Waals surface area contributed by atoms with E-state index in [-0.39, 0.29) is 16.8 Å². The number of hydrogen-bond acceptors (Lipinski definition) is 6. The molecule has 45 heavy (non-hydrogen) atoms. The van der Waals surface area contributed by atoms with Gasteiger partial charge in [-0.3, -0.25) is 9.13 Å². The van der Waals surface area contributed by atoms with Gasteiger partial charge in [0.2, 0.25) is 11.8 Å². The molecule has 0 saturated carbocycles. The van der Waals surface area contributed by atoms with Crippen LogP contribution in [0.3, 0.4) is 0 Å². The Morgan fingerprint density at radius 2 is 1.44 bits per heavy atom. The molecule has 0 N–H and O–H groups in total. The molecule has 1 fully saturated rings. The SMILES string of the molecule is Cn1c(=O)n(-c2ccc(OCc3ccccc3)nc2OCc2ccccc2)c2ccc(N3CC(O[Si](C)(C)C(C)(C)C)C3)cc21. The summed E-state index contributed by atoms with van der Waals surface area (Å²) >= 11 is 0. The first kappa shape index (κ1) is 30.7. The van der Waals surface area contributed by atoms with E-state index in [0.29, 0.717) is 30.7 Å². The van der Waals surface area contributed by atoms with Gasteiger partial charge in [-0.15, -0.1) is 0 Å². The fraction of sp³-hybridized carbons (Fsp3) is 0.333. The quantitative estimate of drug-likeness (QED) is 0.155. The van der Waals surface area contributed by atoms with Gasteiger partial charge < -0.3 is 18.8 Å². The number of hydrogen-bond donors (Lipinski definition) is 0. The first-order valence-electron chi connectivity index (χ1n) is 15.5. The molecule has 1 aliphatic heterocycles. The Bertz CT molecular complexity index is 1840. The number of nitrogens with zero attached hydrogens (tertiary/aromatic N) is 4. The molecule has 8 nitrogen and oxygen atoms in total. The Morgan fingerprint density at radius 1 is 0.822 bits per heavy atom. The molecule has 1 saturated heterocycles. The Kier molecular flexibility index (Phi) is 8.33. The van der Waals surface area contributed by atoms with Crippen molar-refractivity contribution in [2.24, 2.45) is 7.05 Å². The summed E-state index contributed by atoms with van der Waals surface area (Å²) in [4.78, 5) is 20.8. The van der Waals surface area contributed by atoms with Gasteiger partial charge in [-0.05, 0) is 53.5 Å². The molecule has 5 aromatic rings. The standard InChI is InChI=1S/C36H42N4O4Si/c1-36(2,3)45(5,6)44-29-22-39(23-29)28-17-18-30-32(21-28)38(4)35(41)40(30)31-19-20-33(42-24-26-13-9-7-10-14-26)37-34(31)43-25-27-15-11-8-12-16-27/h7-21,29H,22-25H2,1-6H3. The molecule has 6 rings (SSSR count). The molecule has 2 aromatic heterocycles. The van der Waals surface area contributed by atoms with Crippen molar-refractivity contribution in [2.45, 2.75) is 58.2 Å². The highest BCUT2D eigenvalue weighted by Crippen LogP contribution is 2.39. The first-order valence-corrected chi connectivity index (χ1v) is 18.4. The molecule has 234 valence electrons. The minimum atomic E-state index is -1.83. The lowest BCUT2D eigenvalue weighted by molar-refractivity contribution is 0.149. The van der Waals surface area contributed by atoms with E-state index in [1.165, 1.54) is 0 Å². The van der Waals surface area contributed by atoms with Gasteiger partial charge in [0.1, 0.15) is 18.9 Å². The van der Waals surface area contributed by atoms with Crippen LogP contribution >= 0.6 is 0 Å². The van der Waals surface area contributed by atoms with E-state index in [1.807, 2.05) is 72.8 Å². The number of aromatic nitrogens is 3. The van der Waals surface area contributed by atoms with Crippen molar-refractivity contribution < 1.29 is 13.9 Å². The van der Waals surface area contributed by atoms with Crippen molar-refractivity contribution in [1.82, 2.24) is 14.1 Å². The van der Waals surface area contributed by atoms with Gasteiger partial charge >= 0.3 is 5.69 Å². The predicted molar refractivity (Wildman–Crippen MR) is 182 cm³/mol. The van der Waals surface area contributed by atoms with E-state index < -0.39 is 8.32 Å². The minimum absolute atomic E-state index is 0.172. The highest BCUT2D eigenvalue weighted by molar-refractivity contribution is 6.74. The average Bonchev–Trinajstić information content (AvgIpc) is 3.25. The third-order valence-electron chi connectivity index (χ3n) is 9.02. The van der Waals surface area contributed by atoms with Crippen molar-refractivity contribution in [2.75, 3.05) is 18.0 Å². The van der Waals surface area contributed by atoms with Gasteiger partial charge in [0, 0.05) is 31.9 Å². The van der Waals surface area contributed by atoms with Gasteiger partial charge in [0.15, 0.2) is 8.32 Å². The van der Waals surface area contributed by atoms with Crippen molar-refractivity contribution in [3.05, 3.63) is 113 Å². The first-order chi connectivity index (χ1) is 21.5. The second-order valence-electron chi connectivity index (χ2n) is 13.3. The van der Waals surface area contributed by atoms with E-state index in [1.54, 1.807) is 22.2 Å². The predicted octanol–water partition coefficient (Wildman–Crippen LogP) is 7.09. The van der Waals surface area contributed by atoms with Gasteiger partial charge in [-0.25, -0.2) is 4.79 Å². The number of anilines is 1. The smallest absolute Gasteiger partial charge is 0.333 e. The van der Waals surface area contributed by atoms with E-state index in [2.05, 4.69) is 50.9 Å². The third-order valence-corrected chi connectivity index (χ3v) is 13.6. The van der Waals surface area contributed by atoms with Crippen LogP contribution in [0, 0.1) is 0 Å². The van der Waals surface area contributed by atoms with Crippen LogP contribution in [0.25, 0.3) is 16.7 Å². The molecule has 9 heteroatoms. The molecule has 3 aromatic carbocycles. The molecular formula is C36H42N4O4Si. The molecule has 0 amide bonds. The summed E-state index contributed by atoms with van der Waals surface area (Å²) in [6.45, 7) is 13.8. The largest absolute Gasteiger partial charge is 0.473 e. The van der Waals surface area contributed by atoms with Crippen LogP contribution in [0.5, 0.6) is 11.8 Å². The highest BCUT2D eigenvalue weighted by Gasteiger charge is 2.42. The number of benzene rings is 3. The molecule has 3 heterocycles. The van der Waals surface area contributed by atoms with E-state index >= 15 is 0 Å². The average molecular weight is 623 g/mol. The fourth-order valence-corrected chi connectivity index (χ4v) is 6.64. The van der Waals surface area contributed by atoms with Gasteiger partial charge in [0.05, 0.1) is 17.1 Å². The zero-order valence-corrected chi connectivity index (χ0v) is 28.0. The van der Waals surface area contributed by atoms with Crippen LogP contribution in [0.4, 0.5) is 5.69 Å². The molecule has 0 bridgehead atoms. The van der Waals surface area contributed by atoms with Crippen molar-refractivity contribution in [3.8, 4) is 17.4 Å². The molecule has 0 unspecified atom stereocenters. The summed E-state index contributed by atoms with van der Waals surface area (Å²) in [5.74, 6) is 0.755. The molecule has 1 aliphatic rings. The number of pyridine rings is 1. The molecular weight excluding hydrogens is 581 g/mol. The number of rotatable bonds is 10. The number of imidazole rings is 1. The molecule has 0 radical (unpaired) electrons. The molecule has 0 aliphatic carbocycles. The Morgan fingerprint density at radius 3 is 2.07 bits per heavy atom. The minimum Gasteiger partial charge on any atom is -0.473 e. The topological polar surface area (TPSA) is 70.8 Å². The number of ether oxygens (including phenoxy) is 2. The molecule has 0 spiro atoms. The van der Waals surface area contributed by atoms with Gasteiger partial charge in [0.25, 0.3) is 0 Å². The monoisotopic (exact) mass is 622 g/mol. The van der Waals surface area contributed by atoms with E-state index in [4.69, 9.17) is 18.9 Å². The fourth-order valence-electron chi connectivity index (χ4n) is 5.30. The lowest BCUT2D eigenvalue weighted by Crippen LogP contribution is -2.57. The van der Waals surface area contributed by atoms with Crippen LogP contribution in [-0.2, 0) is 24.7 Å². The van der Waals surface area contributed by atoms with Crippen LogP contribution in [0.15, 0.2) is 95.8 Å². The van der Waals surface area contributed by atoms with Crippen LogP contribution in [0.2, 0.25) is 18.1 Å². The van der Waals surface area contributed by atoms with Gasteiger partial charge in [-0.1, -0.05) is 81.4 Å². The lowest BCUT2D eigenvalue weighted by Gasteiger charge is -2.47. The third kappa shape index (κ3) is 6.41. The summed E-state index contributed by atoms with van der Waals surface area (Å²) in [5, 5.41) is 0.179. The molecule has 0 atom stereocenters. The lowest BCUT2D eigenvalue weighted by atomic mass is 10.1. The summed E-state index contributed by atoms with van der Waals surface area (Å²) in [6.07, 6.45) is 0.230. The Labute approximate surface area is 265 Å². The maximum absolute atomic E-state index is 13.8. The van der Waals surface area contributed by atoms with E-state index in [0.717, 1.165) is 40.9 Å². The van der Waals surface area contributed by atoms with Crippen molar-refractivity contribution in [1.29, 1.82) is 0 Å². The maximum Gasteiger partial charge on any atom is 0.333 e. The summed E-state index contributed by atoms with van der Waals surface area (Å²) in [5.41, 5.74) is 5.13. The summed E-state index contributed by atoms with van der Waals surface area (Å²) < 4.78 is 22.3.